The highest BCUT2D eigenvalue weighted by molar-refractivity contribution is 6.15. The molecule has 0 unspecified atom stereocenters. The third-order valence-electron chi connectivity index (χ3n) is 6.25. The van der Waals surface area contributed by atoms with Crippen molar-refractivity contribution >= 4 is 56.8 Å². The van der Waals surface area contributed by atoms with E-state index in [1.54, 1.807) is 0 Å². The zero-order valence-corrected chi connectivity index (χ0v) is 19.0. The van der Waals surface area contributed by atoms with Gasteiger partial charge in [0.25, 0.3) is 0 Å². The maximum Gasteiger partial charge on any atom is 0.203 e. The van der Waals surface area contributed by atoms with E-state index < -0.39 is 0 Å². The predicted molar refractivity (Wildman–Crippen MR) is 139 cm³/mol. The number of hydrogen-bond donors (Lipinski definition) is 0. The smallest absolute Gasteiger partial charge is 0.203 e. The molecule has 0 fully saturated rings. The third kappa shape index (κ3) is 3.03. The monoisotopic (exact) mass is 448 g/mol. The van der Waals surface area contributed by atoms with Gasteiger partial charge in [0.15, 0.2) is 5.69 Å². The minimum atomic E-state index is -0.0993. The second-order valence-corrected chi connectivity index (χ2v) is 8.08. The van der Waals surface area contributed by atoms with E-state index in [0.29, 0.717) is 22.1 Å². The predicted octanol–water partition coefficient (Wildman–Crippen LogP) is 7.95. The van der Waals surface area contributed by atoms with E-state index in [2.05, 4.69) is 20.6 Å². The van der Waals surface area contributed by atoms with Crippen LogP contribution in [0.3, 0.4) is 0 Å². The SMILES string of the molecule is [C-]#[N+]c1c([N+]#[C-])c(C#N)c2c(c(/C=C\c3ccccc3C)c(C)c3nc4ccccc4n32)c1[N+]#[C-]. The molecule has 3 aromatic carbocycles. The summed E-state index contributed by atoms with van der Waals surface area (Å²) in [5.41, 5.74) is 6.17. The molecule has 2 heterocycles. The van der Waals surface area contributed by atoms with Gasteiger partial charge in [-0.25, -0.2) is 4.98 Å². The number of para-hydroxylation sites is 2. The molecule has 35 heavy (non-hydrogen) atoms. The summed E-state index contributed by atoms with van der Waals surface area (Å²) in [6.07, 6.45) is 3.89. The Morgan fingerprint density at radius 1 is 0.886 bits per heavy atom. The quantitative estimate of drug-likeness (QED) is 0.257. The summed E-state index contributed by atoms with van der Waals surface area (Å²) in [5, 5.41) is 10.7. The summed E-state index contributed by atoms with van der Waals surface area (Å²) in [4.78, 5) is 15.6. The second kappa shape index (κ2) is 8.17. The van der Waals surface area contributed by atoms with Crippen LogP contribution < -0.4 is 0 Å². The molecule has 0 aliphatic rings. The van der Waals surface area contributed by atoms with Gasteiger partial charge >= 0.3 is 0 Å². The Morgan fingerprint density at radius 2 is 1.57 bits per heavy atom. The molecule has 0 saturated heterocycles. The van der Waals surface area contributed by atoms with E-state index in [4.69, 9.17) is 24.7 Å². The van der Waals surface area contributed by atoms with Crippen LogP contribution >= 0.6 is 0 Å². The highest BCUT2D eigenvalue weighted by Gasteiger charge is 2.26. The largest absolute Gasteiger partial charge is 0.293 e. The van der Waals surface area contributed by atoms with Crippen LogP contribution in [-0.2, 0) is 0 Å². The zero-order valence-electron chi connectivity index (χ0n) is 19.0. The van der Waals surface area contributed by atoms with Gasteiger partial charge in [-0.2, -0.15) is 5.26 Å². The molecule has 0 radical (unpaired) electrons. The van der Waals surface area contributed by atoms with Crippen molar-refractivity contribution < 1.29 is 0 Å². The average Bonchev–Trinajstić information content (AvgIpc) is 3.27. The molecule has 0 N–H and O–H groups in total. The molecule has 0 atom stereocenters. The van der Waals surface area contributed by atoms with E-state index in [9.17, 15) is 5.26 Å². The minimum Gasteiger partial charge on any atom is -0.293 e. The Labute approximate surface area is 202 Å². The van der Waals surface area contributed by atoms with Crippen LogP contribution in [-0.4, -0.2) is 9.38 Å². The molecule has 0 bridgehead atoms. The number of fused-ring (bicyclic) bond motifs is 5. The average molecular weight is 448 g/mol. The highest BCUT2D eigenvalue weighted by atomic mass is 15.0. The maximum atomic E-state index is 10.2. The molecule has 2 aromatic heterocycles. The Balaban J connectivity index is 2.10. The number of aryl methyl sites for hydroxylation is 2. The Bertz CT molecular complexity index is 1910. The van der Waals surface area contributed by atoms with Gasteiger partial charge in [-0.3, -0.25) is 18.9 Å². The first-order valence-corrected chi connectivity index (χ1v) is 10.7. The molecule has 162 valence electrons. The lowest BCUT2D eigenvalue weighted by atomic mass is 9.95. The first-order chi connectivity index (χ1) is 17.0. The van der Waals surface area contributed by atoms with Gasteiger partial charge in [0.2, 0.25) is 11.4 Å². The van der Waals surface area contributed by atoms with E-state index >= 15 is 0 Å². The van der Waals surface area contributed by atoms with E-state index in [1.165, 1.54) is 0 Å². The first-order valence-electron chi connectivity index (χ1n) is 10.7. The normalized spacial score (nSPS) is 10.9. The van der Waals surface area contributed by atoms with Gasteiger partial charge in [0.1, 0.15) is 5.65 Å². The molecular weight excluding hydrogens is 432 g/mol. The number of rotatable bonds is 2. The topological polar surface area (TPSA) is 54.2 Å². The van der Waals surface area contributed by atoms with Crippen LogP contribution in [0, 0.1) is 44.9 Å². The number of pyridine rings is 1. The van der Waals surface area contributed by atoms with Gasteiger partial charge < -0.3 is 0 Å². The van der Waals surface area contributed by atoms with Crippen LogP contribution in [0.1, 0.15) is 27.8 Å². The van der Waals surface area contributed by atoms with Crippen molar-refractivity contribution in [3.63, 3.8) is 0 Å². The number of nitriles is 1. The summed E-state index contributed by atoms with van der Waals surface area (Å²) in [5.74, 6) is 0. The third-order valence-corrected chi connectivity index (χ3v) is 6.25. The lowest BCUT2D eigenvalue weighted by Crippen LogP contribution is -1.99. The highest BCUT2D eigenvalue weighted by Crippen LogP contribution is 2.49. The molecule has 6 heteroatoms. The molecule has 5 aromatic rings. The van der Waals surface area contributed by atoms with Crippen molar-refractivity contribution in [2.45, 2.75) is 13.8 Å². The van der Waals surface area contributed by atoms with Gasteiger partial charge in [-0.15, -0.1) is 0 Å². The fraction of sp³-hybridized carbons (Fsp3) is 0.0690. The van der Waals surface area contributed by atoms with Gasteiger partial charge in [0.05, 0.1) is 42.4 Å². The zero-order chi connectivity index (χ0) is 24.7. The van der Waals surface area contributed by atoms with Crippen molar-refractivity contribution in [3.05, 3.63) is 111 Å². The van der Waals surface area contributed by atoms with Crippen LogP contribution in [0.5, 0.6) is 0 Å². The Morgan fingerprint density at radius 3 is 2.26 bits per heavy atom. The van der Waals surface area contributed by atoms with Crippen LogP contribution in [0.15, 0.2) is 48.5 Å². The minimum absolute atomic E-state index is 0.0760. The second-order valence-electron chi connectivity index (χ2n) is 8.08. The van der Waals surface area contributed by atoms with Crippen LogP contribution in [0.4, 0.5) is 17.1 Å². The van der Waals surface area contributed by atoms with Crippen molar-refractivity contribution in [2.75, 3.05) is 0 Å². The van der Waals surface area contributed by atoms with Gasteiger partial charge in [-0.05, 0) is 53.6 Å². The Kier molecular flexibility index (Phi) is 5.00. The van der Waals surface area contributed by atoms with Crippen molar-refractivity contribution in [1.29, 1.82) is 5.26 Å². The van der Waals surface area contributed by atoms with E-state index in [-0.39, 0.29) is 22.6 Å². The number of hydrogen-bond acceptors (Lipinski definition) is 2. The fourth-order valence-corrected chi connectivity index (χ4v) is 4.57. The van der Waals surface area contributed by atoms with E-state index in [0.717, 1.165) is 27.7 Å². The van der Waals surface area contributed by atoms with Crippen molar-refractivity contribution in [1.82, 2.24) is 9.38 Å². The van der Waals surface area contributed by atoms with Crippen LogP contribution in [0.2, 0.25) is 0 Å². The lowest BCUT2D eigenvalue weighted by molar-refractivity contribution is 1.25. The summed E-state index contributed by atoms with van der Waals surface area (Å²) in [7, 11) is 0. The number of aromatic nitrogens is 2. The standard InChI is InChI=1S/C29H16N6/c1-17-10-6-7-11-19(17)14-15-20-18(2)29-34-22-12-8-9-13-23(22)35(29)28-21(16-30)25(31-3)27(33-5)26(32-4)24(20)28/h6-15H,1-2H3/b15-14-. The molecule has 0 saturated carbocycles. The summed E-state index contributed by atoms with van der Waals surface area (Å²) < 4.78 is 1.85. The molecule has 6 nitrogen and oxygen atoms in total. The summed E-state index contributed by atoms with van der Waals surface area (Å²) >= 11 is 0. The molecule has 0 spiro atoms. The number of nitrogens with zero attached hydrogens (tertiary/aromatic N) is 6. The maximum absolute atomic E-state index is 10.2. The van der Waals surface area contributed by atoms with Gasteiger partial charge in [0, 0.05) is 5.52 Å². The first kappa shape index (κ1) is 21.4. The Hall–Kier alpha value is -5.43. The van der Waals surface area contributed by atoms with Gasteiger partial charge in [-0.1, -0.05) is 48.6 Å². The summed E-state index contributed by atoms with van der Waals surface area (Å²) in [6, 6.07) is 17.7. The molecule has 0 aliphatic heterocycles. The molecule has 0 aliphatic carbocycles. The van der Waals surface area contributed by atoms with Crippen LogP contribution in [0.25, 0.3) is 54.3 Å². The molecular formula is C29H16N6. The summed E-state index contributed by atoms with van der Waals surface area (Å²) in [6.45, 7) is 27.3. The fourth-order valence-electron chi connectivity index (χ4n) is 4.57. The number of benzene rings is 3. The lowest BCUT2D eigenvalue weighted by Gasteiger charge is -2.16. The molecule has 0 amide bonds. The number of imidazole rings is 1. The molecule has 5 rings (SSSR count). The van der Waals surface area contributed by atoms with Crippen molar-refractivity contribution in [3.8, 4) is 6.07 Å². The van der Waals surface area contributed by atoms with E-state index in [1.807, 2.05) is 78.9 Å². The van der Waals surface area contributed by atoms with Crippen molar-refractivity contribution in [2.24, 2.45) is 0 Å².